The zero-order valence-corrected chi connectivity index (χ0v) is 13.3. The van der Waals surface area contributed by atoms with Crippen LogP contribution in [-0.4, -0.2) is 16.0 Å². The molecule has 1 amide bonds. The zero-order valence-electron chi connectivity index (χ0n) is 12.5. The summed E-state index contributed by atoms with van der Waals surface area (Å²) < 4.78 is 18.2. The first kappa shape index (κ1) is 16.1. The lowest BCUT2D eigenvalue weighted by atomic mass is 10.0. The van der Waals surface area contributed by atoms with E-state index in [2.05, 4.69) is 10.1 Å². The fourth-order valence-electron chi connectivity index (χ4n) is 2.29. The minimum absolute atomic E-state index is 0.0859. The number of hydrogen-bond donors (Lipinski definition) is 1. The lowest BCUT2D eigenvalue weighted by Gasteiger charge is -2.06. The van der Waals surface area contributed by atoms with E-state index < -0.39 is 11.7 Å². The maximum absolute atomic E-state index is 13.3. The van der Waals surface area contributed by atoms with Crippen molar-refractivity contribution in [1.29, 1.82) is 0 Å². The van der Waals surface area contributed by atoms with Crippen molar-refractivity contribution < 1.29 is 13.7 Å². The number of hydrogen-bond acceptors (Lipinski definition) is 4. The number of amides is 1. The monoisotopic (exact) mass is 345 g/mol. The molecule has 0 unspecified atom stereocenters. The second-order valence-corrected chi connectivity index (χ2v) is 5.61. The van der Waals surface area contributed by atoms with Gasteiger partial charge in [0.2, 0.25) is 5.89 Å². The molecule has 2 N–H and O–H groups in total. The molecule has 0 bridgehead atoms. The van der Waals surface area contributed by atoms with E-state index in [1.54, 1.807) is 12.1 Å². The average Bonchev–Trinajstić information content (AvgIpc) is 3.05. The molecule has 0 aliphatic carbocycles. The summed E-state index contributed by atoms with van der Waals surface area (Å²) in [4.78, 5) is 14.9. The predicted molar refractivity (Wildman–Crippen MR) is 87.1 cm³/mol. The molecular formula is C17H13ClFN3O2. The summed E-state index contributed by atoms with van der Waals surface area (Å²) >= 11 is 5.83. The van der Waals surface area contributed by atoms with E-state index in [-0.39, 0.29) is 10.8 Å². The smallest absolute Gasteiger partial charge is 0.290 e. The van der Waals surface area contributed by atoms with Gasteiger partial charge in [0, 0.05) is 6.42 Å². The van der Waals surface area contributed by atoms with Crippen molar-refractivity contribution >= 4 is 17.5 Å². The van der Waals surface area contributed by atoms with E-state index in [9.17, 15) is 9.18 Å². The zero-order chi connectivity index (χ0) is 17.1. The molecule has 0 aliphatic heterocycles. The van der Waals surface area contributed by atoms with Gasteiger partial charge in [0.15, 0.2) is 0 Å². The molecule has 24 heavy (non-hydrogen) atoms. The highest BCUT2D eigenvalue weighted by atomic mass is 35.5. The number of rotatable bonds is 5. The van der Waals surface area contributed by atoms with Gasteiger partial charge in [0.25, 0.3) is 11.7 Å². The van der Waals surface area contributed by atoms with Gasteiger partial charge in [-0.15, -0.1) is 0 Å². The SMILES string of the molecule is NC(=O)c1noc(CCc2cccc(-c3ccc(F)c(Cl)c3)c2)n1. The second kappa shape index (κ2) is 6.80. The minimum atomic E-state index is -0.722. The van der Waals surface area contributed by atoms with Gasteiger partial charge >= 0.3 is 0 Å². The highest BCUT2D eigenvalue weighted by Gasteiger charge is 2.11. The minimum Gasteiger partial charge on any atom is -0.363 e. The van der Waals surface area contributed by atoms with Crippen LogP contribution < -0.4 is 5.73 Å². The fraction of sp³-hybridized carbons (Fsp3) is 0.118. The van der Waals surface area contributed by atoms with Gasteiger partial charge in [-0.3, -0.25) is 4.79 Å². The van der Waals surface area contributed by atoms with Crippen LogP contribution in [0.1, 0.15) is 22.1 Å². The van der Waals surface area contributed by atoms with E-state index >= 15 is 0 Å². The van der Waals surface area contributed by atoms with Gasteiger partial charge in [0.1, 0.15) is 5.82 Å². The number of aromatic nitrogens is 2. The summed E-state index contributed by atoms with van der Waals surface area (Å²) in [6, 6.07) is 12.4. The average molecular weight is 346 g/mol. The van der Waals surface area contributed by atoms with Gasteiger partial charge < -0.3 is 10.3 Å². The number of carbonyl (C=O) groups excluding carboxylic acids is 1. The van der Waals surface area contributed by atoms with Crippen molar-refractivity contribution in [2.75, 3.05) is 0 Å². The largest absolute Gasteiger partial charge is 0.363 e. The standard InChI is InChI=1S/C17H13ClFN3O2/c18-13-9-12(5-6-14(13)19)11-3-1-2-10(8-11)4-7-15-21-17(16(20)23)22-24-15/h1-3,5-6,8-9H,4,7H2,(H2,20,23). The van der Waals surface area contributed by atoms with Crippen molar-refractivity contribution in [2.45, 2.75) is 12.8 Å². The molecule has 0 radical (unpaired) electrons. The second-order valence-electron chi connectivity index (χ2n) is 5.21. The third kappa shape index (κ3) is 3.60. The first-order chi connectivity index (χ1) is 11.5. The Bertz CT molecular complexity index is 895. The van der Waals surface area contributed by atoms with E-state index in [0.717, 1.165) is 16.7 Å². The normalized spacial score (nSPS) is 10.8. The van der Waals surface area contributed by atoms with Gasteiger partial charge in [-0.05, 0) is 35.2 Å². The van der Waals surface area contributed by atoms with E-state index in [0.29, 0.717) is 18.7 Å². The molecule has 5 nitrogen and oxygen atoms in total. The maximum Gasteiger partial charge on any atom is 0.290 e. The topological polar surface area (TPSA) is 82.0 Å². The Kier molecular flexibility index (Phi) is 4.57. The van der Waals surface area contributed by atoms with Gasteiger partial charge in [-0.25, -0.2) is 4.39 Å². The van der Waals surface area contributed by atoms with Crippen molar-refractivity contribution in [3.05, 3.63) is 70.6 Å². The highest BCUT2D eigenvalue weighted by Crippen LogP contribution is 2.25. The molecule has 2 aromatic carbocycles. The van der Waals surface area contributed by atoms with Gasteiger partial charge in [0.05, 0.1) is 5.02 Å². The molecule has 0 fully saturated rings. The Hall–Kier alpha value is -2.73. The first-order valence-electron chi connectivity index (χ1n) is 7.19. The van der Waals surface area contributed by atoms with Crippen molar-refractivity contribution in [1.82, 2.24) is 10.1 Å². The van der Waals surface area contributed by atoms with E-state index in [4.69, 9.17) is 21.9 Å². The van der Waals surface area contributed by atoms with Crippen LogP contribution >= 0.6 is 11.6 Å². The number of halogens is 2. The molecule has 0 spiro atoms. The predicted octanol–water partition coefficient (Wildman–Crippen LogP) is 3.41. The maximum atomic E-state index is 13.3. The molecule has 7 heteroatoms. The fourth-order valence-corrected chi connectivity index (χ4v) is 2.47. The molecule has 0 saturated heterocycles. The Balaban J connectivity index is 1.75. The Morgan fingerprint density at radius 3 is 2.67 bits per heavy atom. The van der Waals surface area contributed by atoms with Crippen molar-refractivity contribution in [3.8, 4) is 11.1 Å². The van der Waals surface area contributed by atoms with Crippen LogP contribution in [0.3, 0.4) is 0 Å². The summed E-state index contributed by atoms with van der Waals surface area (Å²) in [5.41, 5.74) is 7.87. The highest BCUT2D eigenvalue weighted by molar-refractivity contribution is 6.31. The van der Waals surface area contributed by atoms with Gasteiger partial charge in [-0.1, -0.05) is 47.1 Å². The molecule has 3 rings (SSSR count). The number of nitrogens with two attached hydrogens (primary N) is 1. The van der Waals surface area contributed by atoms with Crippen molar-refractivity contribution in [3.63, 3.8) is 0 Å². The number of primary amides is 1. The number of aryl methyl sites for hydroxylation is 2. The lowest BCUT2D eigenvalue weighted by Crippen LogP contribution is -2.12. The first-order valence-corrected chi connectivity index (χ1v) is 7.57. The molecule has 0 saturated carbocycles. The summed E-state index contributed by atoms with van der Waals surface area (Å²) in [5.74, 6) is -0.947. The van der Waals surface area contributed by atoms with Crippen LogP contribution in [0.5, 0.6) is 0 Å². The van der Waals surface area contributed by atoms with E-state index in [1.807, 2.05) is 24.3 Å². The Morgan fingerprint density at radius 2 is 1.96 bits per heavy atom. The summed E-state index contributed by atoms with van der Waals surface area (Å²) in [6.07, 6.45) is 1.12. The Labute approximate surface area is 142 Å². The van der Waals surface area contributed by atoms with Crippen LogP contribution in [0.15, 0.2) is 47.0 Å². The summed E-state index contributed by atoms with van der Waals surface area (Å²) in [7, 11) is 0. The molecule has 3 aromatic rings. The van der Waals surface area contributed by atoms with Gasteiger partial charge in [-0.2, -0.15) is 4.98 Å². The van der Waals surface area contributed by atoms with Crippen LogP contribution in [0, 0.1) is 5.82 Å². The third-order valence-electron chi connectivity index (χ3n) is 3.50. The quantitative estimate of drug-likeness (QED) is 0.768. The number of benzene rings is 2. The summed E-state index contributed by atoms with van der Waals surface area (Å²) in [6.45, 7) is 0. The molecule has 1 heterocycles. The molecule has 1 aromatic heterocycles. The van der Waals surface area contributed by atoms with Crippen LogP contribution in [0.4, 0.5) is 4.39 Å². The van der Waals surface area contributed by atoms with E-state index in [1.165, 1.54) is 6.07 Å². The van der Waals surface area contributed by atoms with Crippen LogP contribution in [0.25, 0.3) is 11.1 Å². The lowest BCUT2D eigenvalue weighted by molar-refractivity contribution is 0.0987. The van der Waals surface area contributed by atoms with Crippen LogP contribution in [0.2, 0.25) is 5.02 Å². The third-order valence-corrected chi connectivity index (χ3v) is 3.79. The molecule has 0 aliphatic rings. The number of carbonyl (C=O) groups is 1. The van der Waals surface area contributed by atoms with Crippen LogP contribution in [-0.2, 0) is 12.8 Å². The molecule has 122 valence electrons. The molecule has 0 atom stereocenters. The van der Waals surface area contributed by atoms with Crippen molar-refractivity contribution in [2.24, 2.45) is 5.73 Å². The number of nitrogens with zero attached hydrogens (tertiary/aromatic N) is 2. The molecular weight excluding hydrogens is 333 g/mol. The summed E-state index contributed by atoms with van der Waals surface area (Å²) in [5, 5.41) is 3.59. The Morgan fingerprint density at radius 1 is 1.17 bits per heavy atom.